The molecule has 0 aliphatic carbocycles. The maximum atomic E-state index is 13.2. The minimum atomic E-state index is -0.137. The molecule has 2 aromatic carbocycles. The Morgan fingerprint density at radius 1 is 0.970 bits per heavy atom. The number of aromatic nitrogens is 4. The Labute approximate surface area is 191 Å². The predicted molar refractivity (Wildman–Crippen MR) is 118 cm³/mol. The minimum absolute atomic E-state index is 0.0887. The summed E-state index contributed by atoms with van der Waals surface area (Å²) in [6.07, 6.45) is 0. The van der Waals surface area contributed by atoms with Crippen LogP contribution in [0, 0.1) is 0 Å². The van der Waals surface area contributed by atoms with Crippen molar-refractivity contribution in [1.29, 1.82) is 0 Å². The summed E-state index contributed by atoms with van der Waals surface area (Å²) in [6.45, 7) is 4.21. The van der Waals surface area contributed by atoms with Crippen LogP contribution < -0.4 is 24.5 Å². The van der Waals surface area contributed by atoms with Crippen molar-refractivity contribution in [3.8, 4) is 34.4 Å². The Bertz CT molecular complexity index is 1450. The van der Waals surface area contributed by atoms with Crippen LogP contribution in [-0.4, -0.2) is 33.3 Å². The van der Waals surface area contributed by atoms with Crippen molar-refractivity contribution in [3.63, 3.8) is 0 Å². The van der Waals surface area contributed by atoms with Crippen LogP contribution >= 0.6 is 11.8 Å². The summed E-state index contributed by atoms with van der Waals surface area (Å²) in [5.74, 6) is 3.70. The Balaban J connectivity index is 1.30. The van der Waals surface area contributed by atoms with Gasteiger partial charge in [-0.15, -0.1) is 0 Å². The third-order valence-corrected chi connectivity index (χ3v) is 6.24. The van der Waals surface area contributed by atoms with Crippen LogP contribution in [0.15, 0.2) is 44.8 Å². The van der Waals surface area contributed by atoms with Gasteiger partial charge in [0.05, 0.1) is 16.7 Å². The van der Waals surface area contributed by atoms with Crippen molar-refractivity contribution in [1.82, 2.24) is 19.7 Å². The summed E-state index contributed by atoms with van der Waals surface area (Å²) in [6, 6.07) is 8.81. The highest BCUT2D eigenvalue weighted by atomic mass is 32.2. The number of nitrogens with zero attached hydrogens (tertiary/aromatic N) is 4. The molecule has 0 radical (unpaired) electrons. The third kappa shape index (κ3) is 3.44. The van der Waals surface area contributed by atoms with Crippen LogP contribution in [0.25, 0.3) is 22.3 Å². The van der Waals surface area contributed by atoms with E-state index in [0.29, 0.717) is 56.5 Å². The number of rotatable bonds is 5. The number of hydrogen-bond donors (Lipinski definition) is 0. The molecule has 0 unspecified atom stereocenters. The fraction of sp³-hybridized carbons (Fsp3) is 0.273. The molecule has 2 aromatic heterocycles. The van der Waals surface area contributed by atoms with Crippen molar-refractivity contribution in [2.45, 2.75) is 30.8 Å². The smallest absolute Gasteiger partial charge is 0.262 e. The molecule has 2 aliphatic heterocycles. The van der Waals surface area contributed by atoms with Gasteiger partial charge in [-0.05, 0) is 38.1 Å². The zero-order valence-electron chi connectivity index (χ0n) is 17.7. The van der Waals surface area contributed by atoms with E-state index in [-0.39, 0.29) is 25.2 Å². The lowest BCUT2D eigenvalue weighted by atomic mass is 10.2. The molecule has 0 spiro atoms. The first-order valence-corrected chi connectivity index (χ1v) is 11.3. The van der Waals surface area contributed by atoms with E-state index in [1.165, 1.54) is 11.8 Å². The molecular weight excluding hydrogens is 448 g/mol. The van der Waals surface area contributed by atoms with Gasteiger partial charge in [0.2, 0.25) is 25.3 Å². The molecule has 0 N–H and O–H groups in total. The van der Waals surface area contributed by atoms with E-state index in [9.17, 15) is 4.79 Å². The average molecular weight is 466 g/mol. The molecule has 0 amide bonds. The maximum Gasteiger partial charge on any atom is 0.262 e. The lowest BCUT2D eigenvalue weighted by Gasteiger charge is -2.15. The molecule has 4 aromatic rings. The van der Waals surface area contributed by atoms with Gasteiger partial charge in [0, 0.05) is 17.7 Å². The largest absolute Gasteiger partial charge is 0.454 e. The SMILES string of the molecule is CC(C)n1c(SCc2nc(-c3ccc4c(c3)OCO4)no2)nc2cc3c(cc2c1=O)OCO3. The van der Waals surface area contributed by atoms with Gasteiger partial charge in [-0.1, -0.05) is 16.9 Å². The second-order valence-electron chi connectivity index (χ2n) is 7.75. The number of hydrogen-bond acceptors (Lipinski definition) is 10. The number of fused-ring (bicyclic) bond motifs is 3. The van der Waals surface area contributed by atoms with Crippen molar-refractivity contribution in [3.05, 3.63) is 46.6 Å². The van der Waals surface area contributed by atoms with E-state index >= 15 is 0 Å². The van der Waals surface area contributed by atoms with Crippen LogP contribution in [0.5, 0.6) is 23.0 Å². The molecule has 0 saturated carbocycles. The quantitative estimate of drug-likeness (QED) is 0.318. The molecule has 6 rings (SSSR count). The van der Waals surface area contributed by atoms with Gasteiger partial charge in [-0.25, -0.2) is 4.98 Å². The Morgan fingerprint density at radius 3 is 2.48 bits per heavy atom. The predicted octanol–water partition coefficient (Wildman–Crippen LogP) is 3.78. The summed E-state index contributed by atoms with van der Waals surface area (Å²) in [5.41, 5.74) is 1.18. The lowest BCUT2D eigenvalue weighted by molar-refractivity contribution is 0.173. The normalized spacial score (nSPS) is 13.9. The topological polar surface area (TPSA) is 111 Å². The molecule has 2 aliphatic rings. The van der Waals surface area contributed by atoms with Crippen molar-refractivity contribution >= 4 is 22.7 Å². The summed E-state index contributed by atoms with van der Waals surface area (Å²) in [5, 5.41) is 5.12. The summed E-state index contributed by atoms with van der Waals surface area (Å²) in [4.78, 5) is 22.4. The van der Waals surface area contributed by atoms with E-state index in [1.54, 1.807) is 16.7 Å². The molecule has 4 heterocycles. The van der Waals surface area contributed by atoms with Gasteiger partial charge >= 0.3 is 0 Å². The van der Waals surface area contributed by atoms with Crippen molar-refractivity contribution < 1.29 is 23.5 Å². The molecule has 0 saturated heterocycles. The van der Waals surface area contributed by atoms with Gasteiger partial charge in [0.15, 0.2) is 28.2 Å². The van der Waals surface area contributed by atoms with Crippen LogP contribution in [0.2, 0.25) is 0 Å². The van der Waals surface area contributed by atoms with Crippen molar-refractivity contribution in [2.24, 2.45) is 0 Å². The van der Waals surface area contributed by atoms with Gasteiger partial charge in [-0.2, -0.15) is 4.98 Å². The first-order chi connectivity index (χ1) is 16.1. The Hall–Kier alpha value is -3.73. The van der Waals surface area contributed by atoms with Crippen LogP contribution in [-0.2, 0) is 5.75 Å². The second-order valence-corrected chi connectivity index (χ2v) is 8.70. The maximum absolute atomic E-state index is 13.2. The van der Waals surface area contributed by atoms with E-state index in [0.717, 1.165) is 5.56 Å². The highest BCUT2D eigenvalue weighted by Gasteiger charge is 2.21. The van der Waals surface area contributed by atoms with E-state index in [1.807, 2.05) is 32.0 Å². The van der Waals surface area contributed by atoms with E-state index in [4.69, 9.17) is 28.5 Å². The summed E-state index contributed by atoms with van der Waals surface area (Å²) in [7, 11) is 0. The number of ether oxygens (including phenoxy) is 4. The molecule has 11 heteroatoms. The van der Waals surface area contributed by atoms with Gasteiger partial charge in [0.1, 0.15) is 0 Å². The third-order valence-electron chi connectivity index (χ3n) is 5.30. The van der Waals surface area contributed by atoms with Gasteiger partial charge in [-0.3, -0.25) is 9.36 Å². The van der Waals surface area contributed by atoms with E-state index < -0.39 is 0 Å². The Morgan fingerprint density at radius 2 is 1.70 bits per heavy atom. The first kappa shape index (κ1) is 19.9. The van der Waals surface area contributed by atoms with Crippen molar-refractivity contribution in [2.75, 3.05) is 13.6 Å². The monoisotopic (exact) mass is 466 g/mol. The van der Waals surface area contributed by atoms with Crippen LogP contribution in [0.4, 0.5) is 0 Å². The lowest BCUT2D eigenvalue weighted by Crippen LogP contribution is -2.25. The highest BCUT2D eigenvalue weighted by Crippen LogP contribution is 2.37. The average Bonchev–Trinajstić information content (AvgIpc) is 3.56. The molecule has 168 valence electrons. The molecule has 0 atom stereocenters. The minimum Gasteiger partial charge on any atom is -0.454 e. The van der Waals surface area contributed by atoms with E-state index in [2.05, 4.69) is 10.1 Å². The van der Waals surface area contributed by atoms with Crippen LogP contribution in [0.1, 0.15) is 25.8 Å². The van der Waals surface area contributed by atoms with Gasteiger partial charge in [0.25, 0.3) is 5.56 Å². The number of benzene rings is 2. The molecule has 10 nitrogen and oxygen atoms in total. The molecular formula is C22H18N4O6S. The zero-order valence-corrected chi connectivity index (χ0v) is 18.5. The van der Waals surface area contributed by atoms with Gasteiger partial charge < -0.3 is 23.5 Å². The zero-order chi connectivity index (χ0) is 22.5. The second kappa shape index (κ2) is 7.69. The first-order valence-electron chi connectivity index (χ1n) is 10.3. The highest BCUT2D eigenvalue weighted by molar-refractivity contribution is 7.98. The fourth-order valence-electron chi connectivity index (χ4n) is 3.72. The molecule has 33 heavy (non-hydrogen) atoms. The Kier molecular flexibility index (Phi) is 4.64. The number of thioether (sulfide) groups is 1. The standard InChI is InChI=1S/C22H18N4O6S/c1-11(2)26-21(27)13-6-17-18(31-10-30-17)7-14(13)23-22(26)33-8-19-24-20(25-32-19)12-3-4-15-16(5-12)29-9-28-15/h3-7,11H,8-10H2,1-2H3. The molecule has 0 bridgehead atoms. The summed E-state index contributed by atoms with van der Waals surface area (Å²) < 4.78 is 28.7. The summed E-state index contributed by atoms with van der Waals surface area (Å²) >= 11 is 1.36. The molecule has 0 fully saturated rings. The van der Waals surface area contributed by atoms with Crippen LogP contribution in [0.3, 0.4) is 0 Å². The fourth-order valence-corrected chi connectivity index (χ4v) is 4.68.